The summed E-state index contributed by atoms with van der Waals surface area (Å²) in [5.41, 5.74) is 3.07. The summed E-state index contributed by atoms with van der Waals surface area (Å²) in [6.07, 6.45) is 4.86. The molecule has 1 nitrogen and oxygen atoms in total. The lowest BCUT2D eigenvalue weighted by Gasteiger charge is -2.28. The van der Waals surface area contributed by atoms with Crippen LogP contribution in [0.25, 0.3) is 0 Å². The van der Waals surface area contributed by atoms with Gasteiger partial charge in [-0.2, -0.15) is 0 Å². The average molecular weight is 202 g/mol. The minimum absolute atomic E-state index is 1.07. The number of fused-ring (bicyclic) bond motifs is 1. The van der Waals surface area contributed by atoms with Gasteiger partial charge in [-0.15, -0.1) is 0 Å². The van der Waals surface area contributed by atoms with Crippen LogP contribution in [0.5, 0.6) is 0 Å². The summed E-state index contributed by atoms with van der Waals surface area (Å²) >= 11 is 0. The van der Waals surface area contributed by atoms with Crippen LogP contribution in [0.3, 0.4) is 0 Å². The average Bonchev–Trinajstić information content (AvgIpc) is 2.29. The standard InChI is InChI=1S/C14H20N/c1-2-3-6-10-15-11-9-13-7-4-5-8-14(13)12-15/h4-5,7-8H,1-3,6,9-12H2. The van der Waals surface area contributed by atoms with Crippen molar-refractivity contribution in [2.24, 2.45) is 0 Å². The van der Waals surface area contributed by atoms with Gasteiger partial charge in [0, 0.05) is 13.1 Å². The Labute approximate surface area is 93.1 Å². The molecular weight excluding hydrogens is 182 g/mol. The van der Waals surface area contributed by atoms with Crippen LogP contribution in [0, 0.1) is 6.92 Å². The van der Waals surface area contributed by atoms with Gasteiger partial charge in [-0.1, -0.05) is 44.0 Å². The van der Waals surface area contributed by atoms with Crippen LogP contribution in [0.2, 0.25) is 0 Å². The second-order valence-corrected chi connectivity index (χ2v) is 4.36. The minimum Gasteiger partial charge on any atom is -0.299 e. The van der Waals surface area contributed by atoms with Crippen molar-refractivity contribution in [3.05, 3.63) is 42.3 Å². The van der Waals surface area contributed by atoms with Crippen molar-refractivity contribution >= 4 is 0 Å². The van der Waals surface area contributed by atoms with Gasteiger partial charge in [0.05, 0.1) is 0 Å². The number of unbranched alkanes of at least 4 members (excludes halogenated alkanes) is 2. The molecule has 15 heavy (non-hydrogen) atoms. The third-order valence-corrected chi connectivity index (χ3v) is 3.18. The van der Waals surface area contributed by atoms with Crippen LogP contribution >= 0.6 is 0 Å². The number of benzene rings is 1. The molecule has 1 aromatic carbocycles. The predicted octanol–water partition coefficient (Wildman–Crippen LogP) is 3.05. The first-order chi connectivity index (χ1) is 7.40. The summed E-state index contributed by atoms with van der Waals surface area (Å²) in [7, 11) is 0. The van der Waals surface area contributed by atoms with Crippen LogP contribution in [0.4, 0.5) is 0 Å². The highest BCUT2D eigenvalue weighted by atomic mass is 15.1. The van der Waals surface area contributed by atoms with E-state index in [2.05, 4.69) is 36.1 Å². The van der Waals surface area contributed by atoms with Crippen LogP contribution in [0.1, 0.15) is 30.4 Å². The molecule has 0 atom stereocenters. The maximum atomic E-state index is 3.89. The molecule has 0 spiro atoms. The first-order valence-corrected chi connectivity index (χ1v) is 5.98. The number of hydrogen-bond acceptors (Lipinski definition) is 1. The summed E-state index contributed by atoms with van der Waals surface area (Å²) in [5, 5.41) is 0. The molecule has 1 aromatic rings. The van der Waals surface area contributed by atoms with E-state index in [-0.39, 0.29) is 0 Å². The van der Waals surface area contributed by atoms with E-state index in [0.717, 1.165) is 13.0 Å². The predicted molar refractivity (Wildman–Crippen MR) is 64.6 cm³/mol. The van der Waals surface area contributed by atoms with Crippen LogP contribution < -0.4 is 0 Å². The second kappa shape index (κ2) is 5.32. The lowest BCUT2D eigenvalue weighted by Crippen LogP contribution is -2.31. The fourth-order valence-electron chi connectivity index (χ4n) is 2.26. The molecule has 1 aliphatic heterocycles. The van der Waals surface area contributed by atoms with Gasteiger partial charge in [-0.25, -0.2) is 0 Å². The molecule has 1 heteroatoms. The molecule has 0 unspecified atom stereocenters. The lowest BCUT2D eigenvalue weighted by atomic mass is 10.00. The van der Waals surface area contributed by atoms with Gasteiger partial charge in [0.15, 0.2) is 0 Å². The smallest absolute Gasteiger partial charge is 0.0236 e. The van der Waals surface area contributed by atoms with Crippen LogP contribution in [-0.4, -0.2) is 18.0 Å². The molecule has 0 aliphatic carbocycles. The fraction of sp³-hybridized carbons (Fsp3) is 0.500. The zero-order valence-corrected chi connectivity index (χ0v) is 9.41. The molecule has 0 fully saturated rings. The quantitative estimate of drug-likeness (QED) is 0.678. The Balaban J connectivity index is 1.88. The molecule has 0 N–H and O–H groups in total. The first-order valence-electron chi connectivity index (χ1n) is 5.98. The summed E-state index contributed by atoms with van der Waals surface area (Å²) < 4.78 is 0. The van der Waals surface area contributed by atoms with Crippen molar-refractivity contribution in [2.45, 2.75) is 32.2 Å². The molecule has 2 rings (SSSR count). The Hall–Kier alpha value is -0.820. The molecule has 81 valence electrons. The molecule has 1 heterocycles. The maximum Gasteiger partial charge on any atom is 0.0236 e. The highest BCUT2D eigenvalue weighted by Crippen LogP contribution is 2.18. The molecule has 0 aromatic heterocycles. The molecule has 0 amide bonds. The molecule has 1 aliphatic rings. The summed E-state index contributed by atoms with van der Waals surface area (Å²) in [5.74, 6) is 0. The Kier molecular flexibility index (Phi) is 3.79. The van der Waals surface area contributed by atoms with Gasteiger partial charge < -0.3 is 0 Å². The minimum atomic E-state index is 1.07. The van der Waals surface area contributed by atoms with E-state index in [4.69, 9.17) is 0 Å². The van der Waals surface area contributed by atoms with Gasteiger partial charge in [-0.3, -0.25) is 4.90 Å². The molecule has 0 bridgehead atoms. The second-order valence-electron chi connectivity index (χ2n) is 4.36. The summed E-state index contributed by atoms with van der Waals surface area (Å²) in [6, 6.07) is 8.83. The SMILES string of the molecule is [CH2]CCCCN1CCc2ccccc2C1. The van der Waals surface area contributed by atoms with E-state index in [1.807, 2.05) is 0 Å². The zero-order chi connectivity index (χ0) is 10.5. The fourth-order valence-corrected chi connectivity index (χ4v) is 2.26. The van der Waals surface area contributed by atoms with Crippen LogP contribution in [0.15, 0.2) is 24.3 Å². The van der Waals surface area contributed by atoms with E-state index in [0.29, 0.717) is 0 Å². The van der Waals surface area contributed by atoms with Gasteiger partial charge in [0.2, 0.25) is 0 Å². The Morgan fingerprint density at radius 2 is 1.93 bits per heavy atom. The van der Waals surface area contributed by atoms with E-state index < -0.39 is 0 Å². The highest BCUT2D eigenvalue weighted by Gasteiger charge is 2.14. The third-order valence-electron chi connectivity index (χ3n) is 3.18. The van der Waals surface area contributed by atoms with Crippen molar-refractivity contribution < 1.29 is 0 Å². The normalized spacial score (nSPS) is 16.3. The largest absolute Gasteiger partial charge is 0.299 e. The Morgan fingerprint density at radius 1 is 1.13 bits per heavy atom. The van der Waals surface area contributed by atoms with Gasteiger partial charge in [0.1, 0.15) is 0 Å². The van der Waals surface area contributed by atoms with E-state index in [1.165, 1.54) is 37.9 Å². The third kappa shape index (κ3) is 2.82. The monoisotopic (exact) mass is 202 g/mol. The van der Waals surface area contributed by atoms with Crippen LogP contribution in [-0.2, 0) is 13.0 Å². The first kappa shape index (κ1) is 10.7. The zero-order valence-electron chi connectivity index (χ0n) is 9.41. The molecular formula is C14H20N. The maximum absolute atomic E-state index is 3.89. The van der Waals surface area contributed by atoms with E-state index >= 15 is 0 Å². The molecule has 1 radical (unpaired) electrons. The van der Waals surface area contributed by atoms with Crippen molar-refractivity contribution in [3.63, 3.8) is 0 Å². The summed E-state index contributed by atoms with van der Waals surface area (Å²) in [6.45, 7) is 7.50. The van der Waals surface area contributed by atoms with Gasteiger partial charge >= 0.3 is 0 Å². The van der Waals surface area contributed by atoms with Crippen molar-refractivity contribution in [1.82, 2.24) is 4.90 Å². The number of rotatable bonds is 4. The number of nitrogens with zero attached hydrogens (tertiary/aromatic N) is 1. The van der Waals surface area contributed by atoms with Gasteiger partial charge in [-0.05, 0) is 30.5 Å². The molecule has 0 saturated heterocycles. The number of hydrogen-bond donors (Lipinski definition) is 0. The topological polar surface area (TPSA) is 3.24 Å². The Bertz CT molecular complexity index is 306. The van der Waals surface area contributed by atoms with Crippen molar-refractivity contribution in [1.29, 1.82) is 0 Å². The Morgan fingerprint density at radius 3 is 2.73 bits per heavy atom. The highest BCUT2D eigenvalue weighted by molar-refractivity contribution is 5.28. The van der Waals surface area contributed by atoms with Crippen molar-refractivity contribution in [2.75, 3.05) is 13.1 Å². The molecule has 0 saturated carbocycles. The van der Waals surface area contributed by atoms with E-state index in [9.17, 15) is 0 Å². The van der Waals surface area contributed by atoms with E-state index in [1.54, 1.807) is 5.56 Å². The van der Waals surface area contributed by atoms with Crippen molar-refractivity contribution in [3.8, 4) is 0 Å². The van der Waals surface area contributed by atoms with Gasteiger partial charge in [0.25, 0.3) is 0 Å². The summed E-state index contributed by atoms with van der Waals surface area (Å²) in [4.78, 5) is 2.57. The lowest BCUT2D eigenvalue weighted by molar-refractivity contribution is 0.249.